The maximum Gasteiger partial charge on any atom is 0.338 e. The molecule has 5 heterocycles. The summed E-state index contributed by atoms with van der Waals surface area (Å²) in [6.45, 7) is -2.95. The van der Waals surface area contributed by atoms with E-state index in [0.717, 1.165) is 19.1 Å². The van der Waals surface area contributed by atoms with Gasteiger partial charge in [-0.1, -0.05) is 36.4 Å². The van der Waals surface area contributed by atoms with Gasteiger partial charge in [0.05, 0.1) is 38.6 Å². The number of aromatic hydroxyl groups is 1. The van der Waals surface area contributed by atoms with E-state index < -0.39 is 204 Å². The SMILES string of the molecule is COc1cc(C=CC(=O)O[C@H]2[C@H](O[C@@H]3O[C@H](CO)[C@@H](O)[C@H](O)[C@H]3O)[C@@H](O[C@@H]3O[C@H](CO)[C@@H](O)[C@H](O)[C@H]3O)[C@@H](O[C@]3(COC(=O)C=Cc4ccc(O)cc4)O[C@H](CO)[C@@H](O)[C@@H]3OC(=O)c3ccccc3)O[C@@H]2COC(C)=O)ccc1O[C@H]1O[C@@H](C)[C@H](O)[C@@H](O)[C@H]1O. The van der Waals surface area contributed by atoms with Gasteiger partial charge in [0.1, 0.15) is 117 Å². The third kappa shape index (κ3) is 16.1. The maximum absolute atomic E-state index is 14.4. The van der Waals surface area contributed by atoms with Crippen molar-refractivity contribution in [1.29, 1.82) is 0 Å². The number of methoxy groups -OCH3 is 1. The lowest BCUT2D eigenvalue weighted by Gasteiger charge is -2.50. The lowest BCUT2D eigenvalue weighted by atomic mass is 9.95. The largest absolute Gasteiger partial charge is 0.508 e. The Hall–Kier alpha value is -6.42. The average molecular weight is 1280 g/mol. The molecule has 5 fully saturated rings. The van der Waals surface area contributed by atoms with E-state index >= 15 is 0 Å². The molecular weight excluding hydrogens is 1210 g/mol. The van der Waals surface area contributed by atoms with Gasteiger partial charge in [-0.3, -0.25) is 4.79 Å². The Morgan fingerprint density at radius 1 is 0.544 bits per heavy atom. The molecule has 0 unspecified atom stereocenters. The molecule has 5 aliphatic heterocycles. The topological polar surface area (TPSA) is 481 Å². The van der Waals surface area contributed by atoms with Crippen LogP contribution in [0.25, 0.3) is 12.2 Å². The summed E-state index contributed by atoms with van der Waals surface area (Å²) < 4.78 is 83.1. The number of carbonyl (C=O) groups is 4. The minimum Gasteiger partial charge on any atom is -0.508 e. The second kappa shape index (κ2) is 30.8. The van der Waals surface area contributed by atoms with E-state index in [1.54, 1.807) is 6.07 Å². The van der Waals surface area contributed by atoms with Crippen molar-refractivity contribution in [3.63, 3.8) is 0 Å². The van der Waals surface area contributed by atoms with Crippen LogP contribution in [0.15, 0.2) is 84.9 Å². The molecule has 0 aromatic heterocycles. The van der Waals surface area contributed by atoms with Crippen molar-refractivity contribution >= 4 is 36.0 Å². The quantitative estimate of drug-likeness (QED) is 0.0240. The van der Waals surface area contributed by atoms with Crippen LogP contribution in [0.3, 0.4) is 0 Å². The first-order chi connectivity index (χ1) is 42.9. The predicted molar refractivity (Wildman–Crippen MR) is 293 cm³/mol. The number of ether oxygens (including phenoxy) is 14. The first kappa shape index (κ1) is 69.5. The summed E-state index contributed by atoms with van der Waals surface area (Å²) in [6.07, 6.45) is -41.3. The number of phenols is 1. The molecule has 3 aromatic rings. The smallest absolute Gasteiger partial charge is 0.338 e. The van der Waals surface area contributed by atoms with E-state index in [0.29, 0.717) is 5.56 Å². The van der Waals surface area contributed by atoms with Gasteiger partial charge in [0.2, 0.25) is 12.1 Å². The fourth-order valence-electron chi connectivity index (χ4n) is 10.2. The number of aliphatic hydroxyl groups is 13. The van der Waals surface area contributed by atoms with E-state index in [2.05, 4.69) is 0 Å². The number of benzene rings is 3. The summed E-state index contributed by atoms with van der Waals surface area (Å²) >= 11 is 0. The molecule has 496 valence electrons. The van der Waals surface area contributed by atoms with Crippen molar-refractivity contribution in [3.8, 4) is 17.2 Å². The van der Waals surface area contributed by atoms with Gasteiger partial charge in [0, 0.05) is 19.1 Å². The van der Waals surface area contributed by atoms with Crippen molar-refractivity contribution in [2.24, 2.45) is 0 Å². The highest BCUT2D eigenvalue weighted by Gasteiger charge is 2.64. The molecule has 14 N–H and O–H groups in total. The molecule has 3 aromatic carbocycles. The molecule has 5 saturated heterocycles. The predicted octanol–water partition coefficient (Wildman–Crippen LogP) is -4.86. The summed E-state index contributed by atoms with van der Waals surface area (Å²) in [4.78, 5) is 54.8. The van der Waals surface area contributed by atoms with E-state index in [1.807, 2.05) is 0 Å². The first-order valence-corrected chi connectivity index (χ1v) is 28.1. The Labute approximate surface area is 511 Å². The molecule has 0 bridgehead atoms. The molecule has 90 heavy (non-hydrogen) atoms. The number of hydrogen-bond donors (Lipinski definition) is 14. The molecule has 0 aliphatic carbocycles. The number of esters is 4. The highest BCUT2D eigenvalue weighted by molar-refractivity contribution is 5.90. The zero-order valence-corrected chi connectivity index (χ0v) is 48.2. The summed E-state index contributed by atoms with van der Waals surface area (Å²) in [5.41, 5.74) is 0.446. The molecular formula is C58H72O32. The number of hydrogen-bond acceptors (Lipinski definition) is 32. The monoisotopic (exact) mass is 1280 g/mol. The van der Waals surface area contributed by atoms with Crippen molar-refractivity contribution < 1.29 is 157 Å². The van der Waals surface area contributed by atoms with Gasteiger partial charge in [-0.05, 0) is 66.6 Å². The van der Waals surface area contributed by atoms with Crippen molar-refractivity contribution in [2.45, 2.75) is 161 Å². The molecule has 0 saturated carbocycles. The van der Waals surface area contributed by atoms with Crippen LogP contribution in [-0.2, 0) is 71.2 Å². The van der Waals surface area contributed by atoms with Gasteiger partial charge in [-0.25, -0.2) is 14.4 Å². The van der Waals surface area contributed by atoms with Crippen molar-refractivity contribution in [1.82, 2.24) is 0 Å². The third-order valence-electron chi connectivity index (χ3n) is 15.2. The Morgan fingerprint density at radius 3 is 1.70 bits per heavy atom. The van der Waals surface area contributed by atoms with E-state index in [1.165, 1.54) is 92.9 Å². The van der Waals surface area contributed by atoms with Gasteiger partial charge >= 0.3 is 23.9 Å². The van der Waals surface area contributed by atoms with Crippen LogP contribution >= 0.6 is 0 Å². The van der Waals surface area contributed by atoms with Gasteiger partial charge in [-0.2, -0.15) is 0 Å². The third-order valence-corrected chi connectivity index (χ3v) is 15.2. The van der Waals surface area contributed by atoms with E-state index in [-0.39, 0.29) is 28.4 Å². The number of rotatable bonds is 23. The molecule has 24 atom stereocenters. The highest BCUT2D eigenvalue weighted by Crippen LogP contribution is 2.43. The maximum atomic E-state index is 14.4. The number of aliphatic hydroxyl groups excluding tert-OH is 13. The normalized spacial score (nSPS) is 37.1. The van der Waals surface area contributed by atoms with Gasteiger partial charge in [-0.15, -0.1) is 0 Å². The van der Waals surface area contributed by atoms with E-state index in [4.69, 9.17) is 66.3 Å². The Balaban J connectivity index is 1.23. The van der Waals surface area contributed by atoms with Crippen LogP contribution in [0, 0.1) is 0 Å². The van der Waals surface area contributed by atoms with Crippen LogP contribution in [0.1, 0.15) is 35.3 Å². The minimum absolute atomic E-state index is 0.0110. The lowest BCUT2D eigenvalue weighted by molar-refractivity contribution is -0.421. The summed E-state index contributed by atoms with van der Waals surface area (Å²) in [6, 6.07) is 16.7. The Morgan fingerprint density at radius 2 is 1.10 bits per heavy atom. The van der Waals surface area contributed by atoms with Crippen LogP contribution < -0.4 is 9.47 Å². The molecule has 0 spiro atoms. The second-order valence-corrected chi connectivity index (χ2v) is 21.4. The fourth-order valence-corrected chi connectivity index (χ4v) is 10.2. The summed E-state index contributed by atoms with van der Waals surface area (Å²) in [5, 5.41) is 151. The number of phenolic OH excluding ortho intramolecular Hbond substituents is 1. The van der Waals surface area contributed by atoms with Crippen molar-refractivity contribution in [2.75, 3.05) is 40.1 Å². The lowest BCUT2D eigenvalue weighted by Crippen LogP contribution is -2.69. The highest BCUT2D eigenvalue weighted by atomic mass is 16.8. The zero-order valence-electron chi connectivity index (χ0n) is 48.2. The Kier molecular flexibility index (Phi) is 23.8. The first-order valence-electron chi connectivity index (χ1n) is 28.1. The van der Waals surface area contributed by atoms with Crippen molar-refractivity contribution in [3.05, 3.63) is 102 Å². The fraction of sp³-hybridized carbons (Fsp3) is 0.552. The summed E-state index contributed by atoms with van der Waals surface area (Å²) in [7, 11) is 1.25. The summed E-state index contributed by atoms with van der Waals surface area (Å²) in [5.74, 6) is -7.74. The van der Waals surface area contributed by atoms with Crippen LogP contribution in [0.2, 0.25) is 0 Å². The molecule has 8 rings (SSSR count). The second-order valence-electron chi connectivity index (χ2n) is 21.4. The van der Waals surface area contributed by atoms with Gasteiger partial charge in [0.15, 0.2) is 42.6 Å². The van der Waals surface area contributed by atoms with Crippen LogP contribution in [0.5, 0.6) is 17.2 Å². The van der Waals surface area contributed by atoms with Gasteiger partial charge in [0.25, 0.3) is 0 Å². The average Bonchev–Trinajstić information content (AvgIpc) is 1.78. The molecule has 32 nitrogen and oxygen atoms in total. The van der Waals surface area contributed by atoms with Crippen LogP contribution in [0.4, 0.5) is 0 Å². The molecule has 5 aliphatic rings. The molecule has 0 amide bonds. The molecule has 0 radical (unpaired) electrons. The standard InChI is InChI=1S/C58H72O32/c1-25-39(66)43(70)46(73)54(80-25)81-31-16-11-28(19-32(31)77-3)13-18-38(65)85-49-36(23-78-26(2)62)84-57(51(87-56-48(75)45(72)41(68)34(21-60)83-56)50(49)86-55-47(74)44(71)40(67)33(20-59)82-55)90-58(24-79-37(64)17-12-27-9-14-30(63)15-10-27)52(42(69)35(22-61)89-58)88-53(76)29-7-5-4-6-8-29/h4-19,25,33-36,39-52,54-57,59-61,63,66-75H,20-24H2,1-3H3/t25-,33+,34+,35+,36+,39-,40+,41+,42+,43+,44-,45-,46+,47+,48+,49+,50-,51+,52-,54+,55-,56-,57+,58-/m0/s1. The molecule has 32 heteroatoms. The number of carbonyl (C=O) groups excluding carboxylic acids is 4. The van der Waals surface area contributed by atoms with Crippen LogP contribution in [-0.4, -0.2) is 282 Å². The van der Waals surface area contributed by atoms with E-state index in [9.17, 15) is 90.7 Å². The zero-order chi connectivity index (χ0) is 65.3. The minimum atomic E-state index is -2.94. The van der Waals surface area contributed by atoms with Gasteiger partial charge < -0.3 is 138 Å². The Bertz CT molecular complexity index is 2910.